The largest absolute Gasteiger partial charge is 0.454 e. The van der Waals surface area contributed by atoms with Gasteiger partial charge in [-0.15, -0.1) is 24.0 Å². The van der Waals surface area contributed by atoms with Gasteiger partial charge in [0.05, 0.1) is 11.1 Å². The Hall–Kier alpha value is -0.740. The van der Waals surface area contributed by atoms with Gasteiger partial charge >= 0.3 is 0 Å². The van der Waals surface area contributed by atoms with Crippen molar-refractivity contribution in [1.29, 1.82) is 0 Å². The highest BCUT2D eigenvalue weighted by Gasteiger charge is 2.21. The number of ether oxygens (including phenoxy) is 3. The van der Waals surface area contributed by atoms with E-state index < -0.39 is 0 Å². The average molecular weight is 526 g/mol. The van der Waals surface area contributed by atoms with Crippen LogP contribution in [0.2, 0.25) is 0 Å². The van der Waals surface area contributed by atoms with Crippen molar-refractivity contribution in [3.63, 3.8) is 0 Å². The van der Waals surface area contributed by atoms with Crippen LogP contribution in [0, 0.1) is 5.92 Å². The number of aliphatic imine (C=N–C) groups is 1. The lowest BCUT2D eigenvalue weighted by Crippen LogP contribution is -2.40. The lowest BCUT2D eigenvalue weighted by molar-refractivity contribution is 0.115. The molecule has 1 fully saturated rings. The number of fused-ring (bicyclic) bond motifs is 1. The second kappa shape index (κ2) is 9.82. The fourth-order valence-electron chi connectivity index (χ4n) is 2.53. The molecule has 8 heteroatoms. The van der Waals surface area contributed by atoms with Crippen molar-refractivity contribution in [2.75, 3.05) is 40.6 Å². The molecule has 25 heavy (non-hydrogen) atoms. The van der Waals surface area contributed by atoms with Crippen LogP contribution in [-0.2, 0) is 11.3 Å². The fraction of sp³-hybridized carbons (Fsp3) is 0.588. The molecule has 0 atom stereocenters. The van der Waals surface area contributed by atoms with Crippen molar-refractivity contribution in [1.82, 2.24) is 10.2 Å². The summed E-state index contributed by atoms with van der Waals surface area (Å²) in [6.07, 6.45) is 2.65. The van der Waals surface area contributed by atoms with Crippen molar-refractivity contribution in [2.45, 2.75) is 19.4 Å². The Morgan fingerprint density at radius 1 is 1.40 bits per heavy atom. The second-order valence-corrected chi connectivity index (χ2v) is 7.01. The van der Waals surface area contributed by atoms with E-state index in [0.29, 0.717) is 6.54 Å². The van der Waals surface area contributed by atoms with Crippen LogP contribution in [0.1, 0.15) is 18.4 Å². The predicted molar refractivity (Wildman–Crippen MR) is 112 cm³/mol. The normalized spacial score (nSPS) is 15.7. The number of halogens is 2. The van der Waals surface area contributed by atoms with Gasteiger partial charge in [-0.05, 0) is 52.4 Å². The number of likely N-dealkylation sites (N-methyl/N-ethyl adjacent to an activating group) is 1. The first-order valence-corrected chi connectivity index (χ1v) is 9.04. The summed E-state index contributed by atoms with van der Waals surface area (Å²) in [6.45, 7) is 3.37. The Morgan fingerprint density at radius 2 is 2.20 bits per heavy atom. The number of nitrogens with one attached hydrogen (secondary N) is 1. The minimum Gasteiger partial charge on any atom is -0.454 e. The predicted octanol–water partition coefficient (Wildman–Crippen LogP) is 3.23. The first-order valence-electron chi connectivity index (χ1n) is 8.25. The number of hydrogen-bond acceptors (Lipinski definition) is 4. The molecular formula is C17H25BrIN3O3. The van der Waals surface area contributed by atoms with Gasteiger partial charge in [-0.2, -0.15) is 0 Å². The first kappa shape index (κ1) is 20.6. The van der Waals surface area contributed by atoms with Crippen LogP contribution in [-0.4, -0.2) is 51.5 Å². The van der Waals surface area contributed by atoms with Crippen molar-refractivity contribution in [3.05, 3.63) is 22.2 Å². The molecule has 0 spiro atoms. The van der Waals surface area contributed by atoms with Gasteiger partial charge in [0.15, 0.2) is 17.5 Å². The quantitative estimate of drug-likeness (QED) is 0.256. The zero-order valence-electron chi connectivity index (χ0n) is 14.6. The van der Waals surface area contributed by atoms with Crippen molar-refractivity contribution >= 4 is 45.9 Å². The summed E-state index contributed by atoms with van der Waals surface area (Å²) in [6, 6.07) is 4.03. The molecular weight excluding hydrogens is 501 g/mol. The van der Waals surface area contributed by atoms with Crippen molar-refractivity contribution in [3.8, 4) is 11.5 Å². The summed E-state index contributed by atoms with van der Waals surface area (Å²) in [4.78, 5) is 6.41. The van der Waals surface area contributed by atoms with Gasteiger partial charge in [0.2, 0.25) is 6.79 Å². The molecule has 3 rings (SSSR count). The van der Waals surface area contributed by atoms with Gasteiger partial charge in [-0.25, -0.2) is 0 Å². The van der Waals surface area contributed by atoms with E-state index in [2.05, 4.69) is 31.1 Å². The molecule has 0 bridgehead atoms. The summed E-state index contributed by atoms with van der Waals surface area (Å²) in [5, 5.41) is 3.37. The first-order chi connectivity index (χ1) is 11.7. The summed E-state index contributed by atoms with van der Waals surface area (Å²) in [7, 11) is 3.81. The Labute approximate surface area is 174 Å². The van der Waals surface area contributed by atoms with E-state index in [1.807, 2.05) is 19.2 Å². The molecule has 1 aromatic carbocycles. The molecule has 1 saturated carbocycles. The van der Waals surface area contributed by atoms with Crippen LogP contribution >= 0.6 is 39.9 Å². The molecule has 0 unspecified atom stereocenters. The number of benzene rings is 1. The average Bonchev–Trinajstić information content (AvgIpc) is 3.27. The van der Waals surface area contributed by atoms with E-state index in [-0.39, 0.29) is 30.8 Å². The number of rotatable bonds is 7. The standard InChI is InChI=1S/C17H24BrN3O3.HI/c1-19-17(21(2)5-6-22-10-12-3-4-12)20-9-13-7-14(18)16-15(8-13)23-11-24-16;/h7-8,12H,3-6,9-11H2,1-2H3,(H,19,20);1H. The van der Waals surface area contributed by atoms with Gasteiger partial charge in [-0.3, -0.25) is 4.99 Å². The second-order valence-electron chi connectivity index (χ2n) is 6.15. The zero-order valence-corrected chi connectivity index (χ0v) is 18.5. The third kappa shape index (κ3) is 5.89. The van der Waals surface area contributed by atoms with Crippen LogP contribution < -0.4 is 14.8 Å². The molecule has 0 amide bonds. The highest BCUT2D eigenvalue weighted by Crippen LogP contribution is 2.39. The SMILES string of the molecule is CN=C(NCc1cc(Br)c2c(c1)OCO2)N(C)CCOCC1CC1.I. The highest BCUT2D eigenvalue weighted by molar-refractivity contribution is 14.0. The fourth-order valence-corrected chi connectivity index (χ4v) is 3.13. The minimum absolute atomic E-state index is 0. The van der Waals surface area contributed by atoms with Crippen LogP contribution in [0.15, 0.2) is 21.6 Å². The van der Waals surface area contributed by atoms with Gasteiger partial charge in [-0.1, -0.05) is 0 Å². The van der Waals surface area contributed by atoms with Crippen LogP contribution in [0.5, 0.6) is 11.5 Å². The van der Waals surface area contributed by atoms with Crippen molar-refractivity contribution in [2.24, 2.45) is 10.9 Å². The van der Waals surface area contributed by atoms with E-state index in [1.165, 1.54) is 12.8 Å². The van der Waals surface area contributed by atoms with E-state index in [1.54, 1.807) is 7.05 Å². The monoisotopic (exact) mass is 525 g/mol. The van der Waals surface area contributed by atoms with Crippen LogP contribution in [0.3, 0.4) is 0 Å². The third-order valence-electron chi connectivity index (χ3n) is 4.13. The van der Waals surface area contributed by atoms with Crippen molar-refractivity contribution < 1.29 is 14.2 Å². The molecule has 140 valence electrons. The maximum Gasteiger partial charge on any atom is 0.231 e. The number of nitrogens with zero attached hydrogens (tertiary/aromatic N) is 2. The lowest BCUT2D eigenvalue weighted by atomic mass is 10.2. The van der Waals surface area contributed by atoms with E-state index in [0.717, 1.165) is 53.2 Å². The smallest absolute Gasteiger partial charge is 0.231 e. The summed E-state index contributed by atoms with van der Waals surface area (Å²) in [5.74, 6) is 3.20. The molecule has 0 aromatic heterocycles. The maximum atomic E-state index is 5.69. The summed E-state index contributed by atoms with van der Waals surface area (Å²) < 4.78 is 17.5. The van der Waals surface area contributed by atoms with E-state index in [4.69, 9.17) is 14.2 Å². The molecule has 1 N–H and O–H groups in total. The molecule has 1 heterocycles. The van der Waals surface area contributed by atoms with Gasteiger partial charge in [0.25, 0.3) is 0 Å². The van der Waals surface area contributed by atoms with Gasteiger partial charge in [0.1, 0.15) is 0 Å². The summed E-state index contributed by atoms with van der Waals surface area (Å²) in [5.41, 5.74) is 1.10. The van der Waals surface area contributed by atoms with E-state index in [9.17, 15) is 0 Å². The Bertz CT molecular complexity index is 611. The Morgan fingerprint density at radius 3 is 2.92 bits per heavy atom. The molecule has 0 saturated heterocycles. The molecule has 1 aliphatic carbocycles. The molecule has 1 aromatic rings. The summed E-state index contributed by atoms with van der Waals surface area (Å²) >= 11 is 3.52. The van der Waals surface area contributed by atoms with Crippen LogP contribution in [0.4, 0.5) is 0 Å². The Balaban J connectivity index is 0.00000225. The van der Waals surface area contributed by atoms with Gasteiger partial charge in [0, 0.05) is 33.8 Å². The molecule has 2 aliphatic rings. The number of hydrogen-bond donors (Lipinski definition) is 1. The van der Waals surface area contributed by atoms with E-state index >= 15 is 0 Å². The Kier molecular flexibility index (Phi) is 8.08. The minimum atomic E-state index is 0. The third-order valence-corrected chi connectivity index (χ3v) is 4.72. The number of guanidine groups is 1. The highest BCUT2D eigenvalue weighted by atomic mass is 127. The molecule has 6 nitrogen and oxygen atoms in total. The van der Waals surface area contributed by atoms with Crippen LogP contribution in [0.25, 0.3) is 0 Å². The topological polar surface area (TPSA) is 55.3 Å². The maximum absolute atomic E-state index is 5.69. The molecule has 0 radical (unpaired) electrons. The van der Waals surface area contributed by atoms with Gasteiger partial charge < -0.3 is 24.4 Å². The zero-order chi connectivity index (χ0) is 16.9. The molecule has 1 aliphatic heterocycles. The lowest BCUT2D eigenvalue weighted by Gasteiger charge is -2.22.